The van der Waals surface area contributed by atoms with Crippen LogP contribution in [0.2, 0.25) is 5.02 Å². The van der Waals surface area contributed by atoms with Crippen LogP contribution in [0.1, 0.15) is 31.0 Å². The van der Waals surface area contributed by atoms with Crippen LogP contribution in [0.5, 0.6) is 17.2 Å². The quantitative estimate of drug-likeness (QED) is 0.303. The Morgan fingerprint density at radius 2 is 1.71 bits per heavy atom. The average Bonchev–Trinajstić information content (AvgIpc) is 3.08. The van der Waals surface area contributed by atoms with Gasteiger partial charge in [0, 0.05) is 19.2 Å². The van der Waals surface area contributed by atoms with Gasteiger partial charge in [-0.1, -0.05) is 17.7 Å². The van der Waals surface area contributed by atoms with Gasteiger partial charge in [0.05, 0.1) is 43.6 Å². The van der Waals surface area contributed by atoms with Gasteiger partial charge in [0.1, 0.15) is 11.5 Å². The van der Waals surface area contributed by atoms with Crippen LogP contribution in [0.15, 0.2) is 42.0 Å². The molecule has 0 bridgehead atoms. The molecular weight excluding hydrogens is 462 g/mol. The molecule has 9 heteroatoms. The van der Waals surface area contributed by atoms with Crippen molar-refractivity contribution in [3.63, 3.8) is 0 Å². The molecule has 1 atom stereocenters. The van der Waals surface area contributed by atoms with E-state index < -0.39 is 17.7 Å². The summed E-state index contributed by atoms with van der Waals surface area (Å²) in [6.45, 7) is 4.79. The average molecular weight is 490 g/mol. The molecule has 1 heterocycles. The Bertz CT molecular complexity index is 1100. The third-order valence-electron chi connectivity index (χ3n) is 5.38. The molecule has 1 unspecified atom stereocenters. The molecule has 34 heavy (non-hydrogen) atoms. The minimum absolute atomic E-state index is 0.0431. The topological polar surface area (TPSA) is 94.5 Å². The van der Waals surface area contributed by atoms with Gasteiger partial charge in [-0.2, -0.15) is 0 Å². The number of ether oxygens (including phenoxy) is 4. The summed E-state index contributed by atoms with van der Waals surface area (Å²) in [5.74, 6) is -0.503. The van der Waals surface area contributed by atoms with Crippen LogP contribution in [0.25, 0.3) is 5.76 Å². The summed E-state index contributed by atoms with van der Waals surface area (Å²) in [4.78, 5) is 27.5. The highest BCUT2D eigenvalue weighted by Crippen LogP contribution is 2.42. The number of carbonyl (C=O) groups excluding carboxylic acids is 2. The molecule has 1 fully saturated rings. The first-order chi connectivity index (χ1) is 16.4. The second-order valence-electron chi connectivity index (χ2n) is 7.41. The van der Waals surface area contributed by atoms with Crippen molar-refractivity contribution in [3.05, 3.63) is 58.1 Å². The summed E-state index contributed by atoms with van der Waals surface area (Å²) >= 11 is 6.18. The van der Waals surface area contributed by atoms with Gasteiger partial charge in [0.15, 0.2) is 11.5 Å². The number of amides is 1. The molecular formula is C25H28ClNO7. The standard InChI is InChI=1S/C25H28ClNO7/c1-5-33-19-14-16(7-9-17(19)26)23(28)21-22(27(11-12-31-3)25(30)24(21)29)15-8-10-18(32-4)20(13-15)34-6-2/h7-10,13-14,22,28H,5-6,11-12H2,1-4H3/b23-21-. The molecule has 1 aliphatic heterocycles. The number of methoxy groups -OCH3 is 2. The van der Waals surface area contributed by atoms with Gasteiger partial charge in [0.25, 0.3) is 11.7 Å². The van der Waals surface area contributed by atoms with Gasteiger partial charge >= 0.3 is 0 Å². The third-order valence-corrected chi connectivity index (χ3v) is 5.70. The molecule has 0 radical (unpaired) electrons. The van der Waals surface area contributed by atoms with Crippen LogP contribution in [-0.4, -0.2) is 62.3 Å². The minimum Gasteiger partial charge on any atom is -0.507 e. The lowest BCUT2D eigenvalue weighted by atomic mass is 9.95. The Balaban J connectivity index is 2.20. The smallest absolute Gasteiger partial charge is 0.295 e. The second-order valence-corrected chi connectivity index (χ2v) is 7.81. The summed E-state index contributed by atoms with van der Waals surface area (Å²) in [5, 5.41) is 11.6. The number of ketones is 1. The fourth-order valence-electron chi connectivity index (χ4n) is 3.85. The molecule has 0 aliphatic carbocycles. The number of rotatable bonds is 10. The molecule has 2 aromatic rings. The zero-order valence-corrected chi connectivity index (χ0v) is 20.3. The number of hydrogen-bond acceptors (Lipinski definition) is 7. The molecule has 0 aromatic heterocycles. The summed E-state index contributed by atoms with van der Waals surface area (Å²) in [6.07, 6.45) is 0. The van der Waals surface area contributed by atoms with Gasteiger partial charge in [-0.15, -0.1) is 0 Å². The van der Waals surface area contributed by atoms with E-state index in [1.807, 2.05) is 13.8 Å². The van der Waals surface area contributed by atoms with E-state index in [-0.39, 0.29) is 24.5 Å². The largest absolute Gasteiger partial charge is 0.507 e. The predicted molar refractivity (Wildman–Crippen MR) is 128 cm³/mol. The van der Waals surface area contributed by atoms with E-state index in [4.69, 9.17) is 30.5 Å². The second kappa shape index (κ2) is 11.3. The van der Waals surface area contributed by atoms with E-state index in [0.29, 0.717) is 46.6 Å². The maximum Gasteiger partial charge on any atom is 0.295 e. The summed E-state index contributed by atoms with van der Waals surface area (Å²) in [7, 11) is 3.04. The van der Waals surface area contributed by atoms with Crippen molar-refractivity contribution >= 4 is 29.1 Å². The fourth-order valence-corrected chi connectivity index (χ4v) is 4.02. The monoisotopic (exact) mass is 489 g/mol. The van der Waals surface area contributed by atoms with Crippen molar-refractivity contribution in [2.75, 3.05) is 40.6 Å². The number of hydrogen-bond donors (Lipinski definition) is 1. The van der Waals surface area contributed by atoms with E-state index in [0.717, 1.165) is 0 Å². The normalized spacial score (nSPS) is 17.2. The maximum atomic E-state index is 13.1. The van der Waals surface area contributed by atoms with Crippen molar-refractivity contribution in [1.82, 2.24) is 4.90 Å². The van der Waals surface area contributed by atoms with Crippen LogP contribution in [0.3, 0.4) is 0 Å². The predicted octanol–water partition coefficient (Wildman–Crippen LogP) is 4.21. The highest BCUT2D eigenvalue weighted by atomic mass is 35.5. The lowest BCUT2D eigenvalue weighted by Gasteiger charge is -2.25. The minimum atomic E-state index is -0.855. The maximum absolute atomic E-state index is 13.1. The molecule has 8 nitrogen and oxygen atoms in total. The highest BCUT2D eigenvalue weighted by molar-refractivity contribution is 6.46. The molecule has 2 aromatic carbocycles. The summed E-state index contributed by atoms with van der Waals surface area (Å²) in [5.41, 5.74) is 0.847. The van der Waals surface area contributed by atoms with Crippen molar-refractivity contribution in [2.45, 2.75) is 19.9 Å². The van der Waals surface area contributed by atoms with E-state index in [2.05, 4.69) is 0 Å². The zero-order chi connectivity index (χ0) is 24.8. The molecule has 182 valence electrons. The van der Waals surface area contributed by atoms with Crippen molar-refractivity contribution in [3.8, 4) is 17.2 Å². The number of Topliss-reactive ketones (excluding diaryl/α,β-unsaturated/α-hetero) is 1. The van der Waals surface area contributed by atoms with E-state index in [1.54, 1.807) is 36.4 Å². The molecule has 0 saturated carbocycles. The third kappa shape index (κ3) is 4.98. The van der Waals surface area contributed by atoms with Gasteiger partial charge in [-0.3, -0.25) is 9.59 Å². The van der Waals surface area contributed by atoms with E-state index in [9.17, 15) is 14.7 Å². The Kier molecular flexibility index (Phi) is 8.41. The molecule has 3 rings (SSSR count). The molecule has 0 spiro atoms. The number of nitrogens with zero attached hydrogens (tertiary/aromatic N) is 1. The Hall–Kier alpha value is -3.23. The number of likely N-dealkylation sites (tertiary alicyclic amines) is 1. The fraction of sp³-hybridized carbons (Fsp3) is 0.360. The first kappa shape index (κ1) is 25.4. The Morgan fingerprint density at radius 3 is 2.35 bits per heavy atom. The zero-order valence-electron chi connectivity index (χ0n) is 19.6. The SMILES string of the molecule is CCOc1cc(/C(O)=C2/C(=O)C(=O)N(CCOC)C2c2ccc(OC)c(OCC)c2)ccc1Cl. The molecule has 1 saturated heterocycles. The summed E-state index contributed by atoms with van der Waals surface area (Å²) in [6, 6.07) is 8.97. The Morgan fingerprint density at radius 1 is 1.00 bits per heavy atom. The number of halogens is 1. The number of aliphatic hydroxyl groups excluding tert-OH is 1. The number of carbonyl (C=O) groups is 2. The lowest BCUT2D eigenvalue weighted by Crippen LogP contribution is -2.32. The number of benzene rings is 2. The van der Waals surface area contributed by atoms with E-state index in [1.165, 1.54) is 19.1 Å². The van der Waals surface area contributed by atoms with Gasteiger partial charge in [0.2, 0.25) is 0 Å². The van der Waals surface area contributed by atoms with Gasteiger partial charge in [-0.05, 0) is 49.7 Å². The summed E-state index contributed by atoms with van der Waals surface area (Å²) < 4.78 is 21.7. The first-order valence-corrected chi connectivity index (χ1v) is 11.3. The van der Waals surface area contributed by atoms with Gasteiger partial charge in [-0.25, -0.2) is 0 Å². The molecule has 1 N–H and O–H groups in total. The van der Waals surface area contributed by atoms with Crippen molar-refractivity contribution < 1.29 is 33.6 Å². The lowest BCUT2D eigenvalue weighted by molar-refractivity contribution is -0.140. The highest BCUT2D eigenvalue weighted by Gasteiger charge is 2.46. The van der Waals surface area contributed by atoms with Crippen LogP contribution < -0.4 is 14.2 Å². The van der Waals surface area contributed by atoms with Crippen LogP contribution in [0.4, 0.5) is 0 Å². The first-order valence-electron chi connectivity index (χ1n) is 10.9. The molecule has 1 amide bonds. The Labute approximate surface area is 203 Å². The molecule has 1 aliphatic rings. The van der Waals surface area contributed by atoms with E-state index >= 15 is 0 Å². The van der Waals surface area contributed by atoms with Crippen LogP contribution in [-0.2, 0) is 14.3 Å². The van der Waals surface area contributed by atoms with Crippen LogP contribution in [0, 0.1) is 0 Å². The van der Waals surface area contributed by atoms with Crippen LogP contribution >= 0.6 is 11.6 Å². The van der Waals surface area contributed by atoms with Crippen molar-refractivity contribution in [2.24, 2.45) is 0 Å². The van der Waals surface area contributed by atoms with Gasteiger partial charge < -0.3 is 29.0 Å². The number of aliphatic hydroxyl groups is 1. The van der Waals surface area contributed by atoms with Crippen molar-refractivity contribution in [1.29, 1.82) is 0 Å².